The molecule has 160 valence electrons. The lowest BCUT2D eigenvalue weighted by atomic mass is 9.99. The summed E-state index contributed by atoms with van der Waals surface area (Å²) in [5, 5.41) is 7.59. The molecule has 2 heterocycles. The van der Waals surface area contributed by atoms with Gasteiger partial charge >= 0.3 is 5.97 Å². The van der Waals surface area contributed by atoms with Gasteiger partial charge in [-0.05, 0) is 48.4 Å². The first-order valence-electron chi connectivity index (χ1n) is 9.82. The zero-order valence-corrected chi connectivity index (χ0v) is 18.2. The van der Waals surface area contributed by atoms with Crippen LogP contribution < -0.4 is 10.1 Å². The van der Waals surface area contributed by atoms with Gasteiger partial charge in [-0.25, -0.2) is 4.79 Å². The minimum atomic E-state index is -0.392. The molecule has 0 radical (unpaired) electrons. The molecule has 0 saturated carbocycles. The van der Waals surface area contributed by atoms with E-state index in [0.29, 0.717) is 35.0 Å². The molecule has 1 amide bonds. The maximum Gasteiger partial charge on any atom is 0.337 e. The summed E-state index contributed by atoms with van der Waals surface area (Å²) in [6, 6.07) is 12.8. The van der Waals surface area contributed by atoms with Crippen molar-refractivity contribution in [2.24, 2.45) is 7.05 Å². The number of amides is 1. The number of nitrogens with one attached hydrogen (secondary N) is 1. The normalized spacial score (nSPS) is 14.6. The van der Waals surface area contributed by atoms with E-state index >= 15 is 0 Å². The molecule has 1 aromatic heterocycles. The maximum absolute atomic E-state index is 12.4. The quantitative estimate of drug-likeness (QED) is 0.614. The molecule has 3 aromatic rings. The van der Waals surface area contributed by atoms with Crippen molar-refractivity contribution in [1.29, 1.82) is 0 Å². The Balaban J connectivity index is 1.48. The molecule has 0 bridgehead atoms. The third-order valence-electron chi connectivity index (χ3n) is 5.19. The number of esters is 1. The summed E-state index contributed by atoms with van der Waals surface area (Å²) in [5.41, 5.74) is 4.45. The largest absolute Gasteiger partial charge is 0.486 e. The summed E-state index contributed by atoms with van der Waals surface area (Å²) in [6.45, 7) is 2.19. The molecule has 0 spiro atoms. The fourth-order valence-corrected chi connectivity index (χ4v) is 4.02. The molecule has 1 aliphatic rings. The van der Waals surface area contributed by atoms with Crippen LogP contribution in [-0.2, 0) is 18.2 Å². The van der Waals surface area contributed by atoms with Crippen LogP contribution in [-0.4, -0.2) is 41.4 Å². The predicted molar refractivity (Wildman–Crippen MR) is 117 cm³/mol. The smallest absolute Gasteiger partial charge is 0.337 e. The molecule has 8 heteroatoms. The summed E-state index contributed by atoms with van der Waals surface area (Å²) in [7, 11) is 3.09. The van der Waals surface area contributed by atoms with Crippen LogP contribution in [0.3, 0.4) is 0 Å². The third kappa shape index (κ3) is 4.27. The molecule has 4 rings (SSSR count). The highest BCUT2D eigenvalue weighted by Crippen LogP contribution is 2.39. The van der Waals surface area contributed by atoms with E-state index < -0.39 is 5.97 Å². The molecule has 1 N–H and O–H groups in total. The number of hydrogen-bond donors (Lipinski definition) is 1. The number of benzene rings is 2. The van der Waals surface area contributed by atoms with E-state index in [2.05, 4.69) is 10.4 Å². The van der Waals surface area contributed by atoms with E-state index in [-0.39, 0.29) is 12.0 Å². The van der Waals surface area contributed by atoms with E-state index in [0.717, 1.165) is 22.4 Å². The van der Waals surface area contributed by atoms with E-state index in [1.54, 1.807) is 36.0 Å². The highest BCUT2D eigenvalue weighted by molar-refractivity contribution is 6.32. The molecule has 0 fully saturated rings. The molecule has 1 aliphatic heterocycles. The van der Waals surface area contributed by atoms with Crippen molar-refractivity contribution in [3.8, 4) is 16.9 Å². The standard InChI is InChI=1S/C23H22ClN3O4/c1-13-7-20(27(2)26-13)22(28)25-12-18-10-17-9-16(11-19(24)21(17)31-18)14-5-4-6-15(8-14)23(29)30-3/h4-9,11,18H,10,12H2,1-3H3,(H,25,28). The highest BCUT2D eigenvalue weighted by Gasteiger charge is 2.27. The van der Waals surface area contributed by atoms with Crippen LogP contribution in [0.25, 0.3) is 11.1 Å². The van der Waals surface area contributed by atoms with Crippen molar-refractivity contribution in [3.05, 3.63) is 70.0 Å². The van der Waals surface area contributed by atoms with Crippen molar-refractivity contribution in [1.82, 2.24) is 15.1 Å². The average molecular weight is 440 g/mol. The lowest BCUT2D eigenvalue weighted by molar-refractivity contribution is 0.0600. The van der Waals surface area contributed by atoms with Gasteiger partial charge in [-0.2, -0.15) is 5.10 Å². The van der Waals surface area contributed by atoms with E-state index in [9.17, 15) is 9.59 Å². The van der Waals surface area contributed by atoms with E-state index in [1.165, 1.54) is 7.11 Å². The monoisotopic (exact) mass is 439 g/mol. The number of carbonyl (C=O) groups excluding carboxylic acids is 2. The fraction of sp³-hybridized carbons (Fsp3) is 0.261. The number of ether oxygens (including phenoxy) is 2. The summed E-state index contributed by atoms with van der Waals surface area (Å²) in [6.07, 6.45) is 0.395. The molecule has 0 aliphatic carbocycles. The third-order valence-corrected chi connectivity index (χ3v) is 5.48. The Bertz CT molecular complexity index is 1170. The zero-order valence-electron chi connectivity index (χ0n) is 17.4. The molecule has 0 saturated heterocycles. The number of rotatable bonds is 5. The Morgan fingerprint density at radius 1 is 1.26 bits per heavy atom. The first-order valence-corrected chi connectivity index (χ1v) is 10.2. The second-order valence-electron chi connectivity index (χ2n) is 7.47. The Morgan fingerprint density at radius 3 is 2.77 bits per heavy atom. The molecule has 1 unspecified atom stereocenters. The van der Waals surface area contributed by atoms with Crippen LogP contribution in [0.4, 0.5) is 0 Å². The number of aromatic nitrogens is 2. The SMILES string of the molecule is COC(=O)c1cccc(-c2cc(Cl)c3c(c2)CC(CNC(=O)c2cc(C)nn2C)O3)c1. The Hall–Kier alpha value is -3.32. The molecule has 2 aromatic carbocycles. The number of hydrogen-bond acceptors (Lipinski definition) is 5. The average Bonchev–Trinajstić information content (AvgIpc) is 3.33. The number of methoxy groups -OCH3 is 1. The fourth-order valence-electron chi connectivity index (χ4n) is 3.73. The number of halogens is 1. The van der Waals surface area contributed by atoms with E-state index in [4.69, 9.17) is 21.1 Å². The van der Waals surface area contributed by atoms with E-state index in [1.807, 2.05) is 25.1 Å². The van der Waals surface area contributed by atoms with Crippen LogP contribution in [0, 0.1) is 6.92 Å². The van der Waals surface area contributed by atoms with Crippen LogP contribution >= 0.6 is 11.6 Å². The Labute approximate surface area is 184 Å². The lowest BCUT2D eigenvalue weighted by Gasteiger charge is -2.12. The predicted octanol–water partition coefficient (Wildman–Crippen LogP) is 3.57. The van der Waals surface area contributed by atoms with Gasteiger partial charge < -0.3 is 14.8 Å². The lowest BCUT2D eigenvalue weighted by Crippen LogP contribution is -2.35. The number of carbonyl (C=O) groups is 2. The van der Waals surface area contributed by atoms with Crippen molar-refractivity contribution in [2.45, 2.75) is 19.4 Å². The zero-order chi connectivity index (χ0) is 22.1. The van der Waals surface area contributed by atoms with Crippen LogP contribution in [0.2, 0.25) is 5.02 Å². The van der Waals surface area contributed by atoms with Crippen LogP contribution in [0.1, 0.15) is 32.1 Å². The van der Waals surface area contributed by atoms with Crippen LogP contribution in [0.15, 0.2) is 42.5 Å². The summed E-state index contributed by atoms with van der Waals surface area (Å²) in [5.74, 6) is 0.0381. The number of nitrogens with zero attached hydrogens (tertiary/aromatic N) is 2. The summed E-state index contributed by atoms with van der Waals surface area (Å²) < 4.78 is 12.3. The second-order valence-corrected chi connectivity index (χ2v) is 7.87. The molecular weight excluding hydrogens is 418 g/mol. The van der Waals surface area contributed by atoms with Crippen molar-refractivity contribution in [3.63, 3.8) is 0 Å². The van der Waals surface area contributed by atoms with Crippen molar-refractivity contribution < 1.29 is 19.1 Å². The van der Waals surface area contributed by atoms with Crippen molar-refractivity contribution >= 4 is 23.5 Å². The highest BCUT2D eigenvalue weighted by atomic mass is 35.5. The Morgan fingerprint density at radius 2 is 2.06 bits per heavy atom. The van der Waals surface area contributed by atoms with Gasteiger partial charge in [-0.15, -0.1) is 0 Å². The van der Waals surface area contributed by atoms with Gasteiger partial charge in [-0.1, -0.05) is 23.7 Å². The topological polar surface area (TPSA) is 82.5 Å². The van der Waals surface area contributed by atoms with Gasteiger partial charge in [0, 0.05) is 19.0 Å². The second kappa shape index (κ2) is 8.43. The van der Waals surface area contributed by atoms with Gasteiger partial charge in [0.1, 0.15) is 17.5 Å². The van der Waals surface area contributed by atoms with Crippen molar-refractivity contribution in [2.75, 3.05) is 13.7 Å². The number of fused-ring (bicyclic) bond motifs is 1. The first-order chi connectivity index (χ1) is 14.9. The molecule has 7 nitrogen and oxygen atoms in total. The minimum absolute atomic E-state index is 0.200. The minimum Gasteiger partial charge on any atom is -0.486 e. The first kappa shape index (κ1) is 20.9. The van der Waals surface area contributed by atoms with Gasteiger partial charge in [0.15, 0.2) is 0 Å². The summed E-state index contributed by atoms with van der Waals surface area (Å²) in [4.78, 5) is 24.3. The molecule has 31 heavy (non-hydrogen) atoms. The molecule has 1 atom stereocenters. The van der Waals surface area contributed by atoms with Gasteiger partial charge in [0.25, 0.3) is 5.91 Å². The molecular formula is C23H22ClN3O4. The van der Waals surface area contributed by atoms with Crippen LogP contribution in [0.5, 0.6) is 5.75 Å². The van der Waals surface area contributed by atoms with Gasteiger partial charge in [0.05, 0.1) is 29.9 Å². The Kier molecular flexibility index (Phi) is 5.69. The number of aryl methyl sites for hydroxylation is 2. The van der Waals surface area contributed by atoms with Gasteiger partial charge in [-0.3, -0.25) is 9.48 Å². The van der Waals surface area contributed by atoms with Gasteiger partial charge in [0.2, 0.25) is 0 Å². The summed E-state index contributed by atoms with van der Waals surface area (Å²) >= 11 is 6.49. The maximum atomic E-state index is 12.4.